The van der Waals surface area contributed by atoms with Crippen LogP contribution in [0.15, 0.2) is 48.5 Å². The highest BCUT2D eigenvalue weighted by molar-refractivity contribution is 7.88. The fourth-order valence-electron chi connectivity index (χ4n) is 4.82. The van der Waals surface area contributed by atoms with Gasteiger partial charge in [-0.1, -0.05) is 44.2 Å². The van der Waals surface area contributed by atoms with Gasteiger partial charge in [0.1, 0.15) is 0 Å². The molecule has 1 amide bonds. The molecule has 6 nitrogen and oxygen atoms in total. The van der Waals surface area contributed by atoms with Gasteiger partial charge in [0.2, 0.25) is 15.9 Å². The summed E-state index contributed by atoms with van der Waals surface area (Å²) in [4.78, 5) is 17.0. The smallest absolute Gasteiger partial charge is 0.225 e. The summed E-state index contributed by atoms with van der Waals surface area (Å²) in [6.07, 6.45) is 3.47. The molecule has 1 fully saturated rings. The topological polar surface area (TPSA) is 69.7 Å². The molecular formula is C24H31N3O3S. The molecule has 2 atom stereocenters. The van der Waals surface area contributed by atoms with Gasteiger partial charge in [0.15, 0.2) is 0 Å². The van der Waals surface area contributed by atoms with Crippen LogP contribution in [0.5, 0.6) is 0 Å². The van der Waals surface area contributed by atoms with E-state index in [4.69, 9.17) is 0 Å². The maximum Gasteiger partial charge on any atom is 0.225 e. The van der Waals surface area contributed by atoms with Crippen LogP contribution in [-0.4, -0.2) is 50.7 Å². The molecule has 0 saturated carbocycles. The lowest BCUT2D eigenvalue weighted by molar-refractivity contribution is -0.135. The van der Waals surface area contributed by atoms with Crippen molar-refractivity contribution in [1.29, 1.82) is 0 Å². The molecule has 1 saturated heterocycles. The minimum atomic E-state index is -3.35. The zero-order valence-corrected chi connectivity index (χ0v) is 19.2. The van der Waals surface area contributed by atoms with Gasteiger partial charge >= 0.3 is 0 Å². The number of benzene rings is 2. The van der Waals surface area contributed by atoms with E-state index in [0.717, 1.165) is 24.2 Å². The van der Waals surface area contributed by atoms with Crippen molar-refractivity contribution in [2.45, 2.75) is 45.2 Å². The van der Waals surface area contributed by atoms with Crippen molar-refractivity contribution in [1.82, 2.24) is 9.62 Å². The zero-order valence-electron chi connectivity index (χ0n) is 18.4. The van der Waals surface area contributed by atoms with Crippen molar-refractivity contribution < 1.29 is 13.2 Å². The minimum absolute atomic E-state index is 0.0763. The molecule has 2 aromatic carbocycles. The van der Waals surface area contributed by atoms with Gasteiger partial charge in [-0.05, 0) is 48.6 Å². The molecule has 31 heavy (non-hydrogen) atoms. The van der Waals surface area contributed by atoms with Crippen LogP contribution in [0.2, 0.25) is 0 Å². The number of likely N-dealkylation sites (tertiary alicyclic amines) is 1. The van der Waals surface area contributed by atoms with E-state index in [0.29, 0.717) is 19.4 Å². The van der Waals surface area contributed by atoms with Crippen LogP contribution in [0, 0.1) is 5.92 Å². The quantitative estimate of drug-likeness (QED) is 0.748. The largest absolute Gasteiger partial charge is 0.341 e. The molecule has 0 aliphatic carbocycles. The molecule has 7 heteroatoms. The Balaban J connectivity index is 1.60. The number of nitrogens with zero attached hydrogens (tertiary/aromatic N) is 2. The second kappa shape index (κ2) is 8.63. The summed E-state index contributed by atoms with van der Waals surface area (Å²) in [7, 11) is -3.35. The molecule has 2 aliphatic heterocycles. The van der Waals surface area contributed by atoms with E-state index in [9.17, 15) is 13.2 Å². The Bertz CT molecular complexity index is 1070. The van der Waals surface area contributed by atoms with Gasteiger partial charge in [0.25, 0.3) is 0 Å². The fourth-order valence-corrected chi connectivity index (χ4v) is 5.65. The van der Waals surface area contributed by atoms with Crippen molar-refractivity contribution in [2.75, 3.05) is 24.2 Å². The van der Waals surface area contributed by atoms with Gasteiger partial charge in [0.05, 0.1) is 12.3 Å². The second-order valence-electron chi connectivity index (χ2n) is 8.94. The van der Waals surface area contributed by atoms with Gasteiger partial charge in [-0.25, -0.2) is 13.1 Å². The van der Waals surface area contributed by atoms with Crippen LogP contribution in [-0.2, 0) is 27.7 Å². The fraction of sp³-hybridized carbons (Fsp3) is 0.458. The van der Waals surface area contributed by atoms with Crippen molar-refractivity contribution in [3.63, 3.8) is 0 Å². The standard InChI is InChI=1S/C24H31N3O3S/c1-17(2)24(28)27-14-12-21(25-31(3,29)30)23(27)16-18-7-6-9-20(15-18)26-13-11-19-8-4-5-10-22(19)26/h4-10,15,17,21,23,25H,11-14,16H2,1-3H3. The van der Waals surface area contributed by atoms with Crippen LogP contribution >= 0.6 is 0 Å². The number of anilines is 2. The highest BCUT2D eigenvalue weighted by Crippen LogP contribution is 2.35. The molecule has 2 heterocycles. The molecule has 2 aromatic rings. The number of fused-ring (bicyclic) bond motifs is 1. The van der Waals surface area contributed by atoms with Gasteiger partial charge in [-0.3, -0.25) is 4.79 Å². The summed E-state index contributed by atoms with van der Waals surface area (Å²) >= 11 is 0. The first kappa shape index (κ1) is 21.8. The first-order chi connectivity index (χ1) is 14.7. The third-order valence-electron chi connectivity index (χ3n) is 6.24. The van der Waals surface area contributed by atoms with Gasteiger partial charge in [-0.15, -0.1) is 0 Å². The molecule has 2 aliphatic rings. The molecular weight excluding hydrogens is 410 g/mol. The molecule has 1 N–H and O–H groups in total. The number of amides is 1. The highest BCUT2D eigenvalue weighted by atomic mass is 32.2. The predicted molar refractivity (Wildman–Crippen MR) is 124 cm³/mol. The number of hydrogen-bond acceptors (Lipinski definition) is 4. The summed E-state index contributed by atoms with van der Waals surface area (Å²) < 4.78 is 26.6. The van der Waals surface area contributed by atoms with Gasteiger partial charge in [0, 0.05) is 36.4 Å². The summed E-state index contributed by atoms with van der Waals surface area (Å²) in [6.45, 7) is 5.31. The van der Waals surface area contributed by atoms with Crippen molar-refractivity contribution in [3.8, 4) is 0 Å². The van der Waals surface area contributed by atoms with E-state index in [2.05, 4.69) is 52.1 Å². The van der Waals surface area contributed by atoms with E-state index >= 15 is 0 Å². The Morgan fingerprint density at radius 2 is 1.90 bits per heavy atom. The lowest BCUT2D eigenvalue weighted by Crippen LogP contribution is -2.48. The second-order valence-corrected chi connectivity index (χ2v) is 10.7. The molecule has 2 unspecified atom stereocenters. The Morgan fingerprint density at radius 3 is 2.65 bits per heavy atom. The number of sulfonamides is 1. The summed E-state index contributed by atoms with van der Waals surface area (Å²) in [5.74, 6) is -0.0423. The first-order valence-corrected chi connectivity index (χ1v) is 12.8. The SMILES string of the molecule is CC(C)C(=O)N1CCC(NS(C)(=O)=O)C1Cc1cccc(N2CCc3ccccc32)c1. The number of carbonyl (C=O) groups excluding carboxylic acids is 1. The summed E-state index contributed by atoms with van der Waals surface area (Å²) in [6, 6.07) is 16.4. The maximum absolute atomic E-state index is 12.8. The van der Waals surface area contributed by atoms with Crippen LogP contribution in [0.3, 0.4) is 0 Å². The third-order valence-corrected chi connectivity index (χ3v) is 6.97. The summed E-state index contributed by atoms with van der Waals surface area (Å²) in [5, 5.41) is 0. The van der Waals surface area contributed by atoms with E-state index < -0.39 is 10.0 Å². The van der Waals surface area contributed by atoms with Crippen LogP contribution < -0.4 is 9.62 Å². The van der Waals surface area contributed by atoms with Gasteiger partial charge < -0.3 is 9.80 Å². The Labute approximate surface area is 185 Å². The monoisotopic (exact) mass is 441 g/mol. The molecule has 0 spiro atoms. The Morgan fingerprint density at radius 1 is 1.13 bits per heavy atom. The molecule has 166 valence electrons. The Hall–Kier alpha value is -2.38. The average molecular weight is 442 g/mol. The lowest BCUT2D eigenvalue weighted by Gasteiger charge is -2.30. The van der Waals surface area contributed by atoms with Crippen molar-refractivity contribution in [3.05, 3.63) is 59.7 Å². The molecule has 0 bridgehead atoms. The van der Waals surface area contributed by atoms with Crippen LogP contribution in [0.25, 0.3) is 0 Å². The van der Waals surface area contributed by atoms with Crippen molar-refractivity contribution in [2.24, 2.45) is 5.92 Å². The summed E-state index contributed by atoms with van der Waals surface area (Å²) in [5.41, 5.74) is 4.84. The number of hydrogen-bond donors (Lipinski definition) is 1. The van der Waals surface area contributed by atoms with Crippen LogP contribution in [0.1, 0.15) is 31.4 Å². The number of nitrogens with one attached hydrogen (secondary N) is 1. The molecule has 0 radical (unpaired) electrons. The maximum atomic E-state index is 12.8. The normalized spacial score (nSPS) is 21.0. The minimum Gasteiger partial charge on any atom is -0.341 e. The van der Waals surface area contributed by atoms with E-state index in [1.54, 1.807) is 0 Å². The Kier molecular flexibility index (Phi) is 6.08. The molecule has 0 aromatic heterocycles. The lowest BCUT2D eigenvalue weighted by atomic mass is 9.99. The number of rotatable bonds is 6. The predicted octanol–water partition coefficient (Wildman–Crippen LogP) is 3.10. The average Bonchev–Trinajstić information content (AvgIpc) is 3.31. The van der Waals surface area contributed by atoms with Crippen molar-refractivity contribution >= 4 is 27.3 Å². The van der Waals surface area contributed by atoms with Gasteiger partial charge in [-0.2, -0.15) is 0 Å². The van der Waals surface area contributed by atoms with E-state index in [1.165, 1.54) is 17.5 Å². The number of para-hydroxylation sites is 1. The van der Waals surface area contributed by atoms with Crippen LogP contribution in [0.4, 0.5) is 11.4 Å². The third kappa shape index (κ3) is 4.77. The molecule has 4 rings (SSSR count). The number of carbonyl (C=O) groups is 1. The van der Waals surface area contributed by atoms with E-state index in [-0.39, 0.29) is 23.9 Å². The van der Waals surface area contributed by atoms with E-state index in [1.807, 2.05) is 24.8 Å². The zero-order chi connectivity index (χ0) is 22.2. The first-order valence-electron chi connectivity index (χ1n) is 10.9. The highest BCUT2D eigenvalue weighted by Gasteiger charge is 2.39.